The van der Waals surface area contributed by atoms with Crippen LogP contribution in [0.2, 0.25) is 0 Å². The van der Waals surface area contributed by atoms with Gasteiger partial charge >= 0.3 is 5.97 Å². The van der Waals surface area contributed by atoms with Crippen molar-refractivity contribution in [3.05, 3.63) is 30.1 Å². The highest BCUT2D eigenvalue weighted by Gasteiger charge is 2.23. The quantitative estimate of drug-likeness (QED) is 0.743. The van der Waals surface area contributed by atoms with Crippen molar-refractivity contribution < 1.29 is 27.5 Å². The van der Waals surface area contributed by atoms with Crippen LogP contribution in [0.5, 0.6) is 0 Å². The second-order valence-corrected chi connectivity index (χ2v) is 6.28. The summed E-state index contributed by atoms with van der Waals surface area (Å²) in [5.41, 5.74) is 0. The molecule has 0 fully saturated rings. The van der Waals surface area contributed by atoms with Crippen molar-refractivity contribution in [2.24, 2.45) is 5.92 Å². The maximum atomic E-state index is 12.7. The van der Waals surface area contributed by atoms with Gasteiger partial charge in [-0.25, -0.2) is 12.8 Å². The van der Waals surface area contributed by atoms with Crippen molar-refractivity contribution in [2.45, 2.75) is 11.8 Å². The van der Waals surface area contributed by atoms with Gasteiger partial charge in [0.1, 0.15) is 12.4 Å². The summed E-state index contributed by atoms with van der Waals surface area (Å²) in [4.78, 5) is 21.7. The van der Waals surface area contributed by atoms with Crippen LogP contribution in [-0.2, 0) is 19.4 Å². The van der Waals surface area contributed by atoms with E-state index in [1.807, 2.05) is 0 Å². The average molecular weight is 303 g/mol. The number of carbonyl (C=O) groups excluding carboxylic acids is 1. The predicted molar refractivity (Wildman–Crippen MR) is 68.3 cm³/mol. The van der Waals surface area contributed by atoms with E-state index in [0.717, 1.165) is 24.3 Å². The van der Waals surface area contributed by atoms with Gasteiger partial charge < -0.3 is 10.4 Å². The summed E-state index contributed by atoms with van der Waals surface area (Å²) in [6.07, 6.45) is 0. The van der Waals surface area contributed by atoms with Crippen molar-refractivity contribution in [3.63, 3.8) is 0 Å². The monoisotopic (exact) mass is 303 g/mol. The molecule has 0 spiro atoms. The first kappa shape index (κ1) is 16.1. The Hall–Kier alpha value is -1.96. The van der Waals surface area contributed by atoms with E-state index in [0.29, 0.717) is 0 Å². The lowest BCUT2D eigenvalue weighted by atomic mass is 10.2. The third kappa shape index (κ3) is 4.61. The van der Waals surface area contributed by atoms with Crippen molar-refractivity contribution >= 4 is 21.7 Å². The number of rotatable bonds is 6. The van der Waals surface area contributed by atoms with Gasteiger partial charge in [0.15, 0.2) is 9.84 Å². The maximum absolute atomic E-state index is 12.7. The normalized spacial score (nSPS) is 12.7. The van der Waals surface area contributed by atoms with Crippen LogP contribution >= 0.6 is 0 Å². The van der Waals surface area contributed by atoms with Crippen LogP contribution in [0.25, 0.3) is 0 Å². The number of hydrogen-bond donors (Lipinski definition) is 2. The van der Waals surface area contributed by atoms with Crippen LogP contribution in [0, 0.1) is 11.7 Å². The number of halogens is 1. The van der Waals surface area contributed by atoms with Crippen molar-refractivity contribution in [3.8, 4) is 0 Å². The lowest BCUT2D eigenvalue weighted by Crippen LogP contribution is -2.36. The number of sulfone groups is 1. The zero-order valence-electron chi connectivity index (χ0n) is 10.7. The fourth-order valence-electron chi connectivity index (χ4n) is 1.48. The first-order valence-corrected chi connectivity index (χ1v) is 7.35. The van der Waals surface area contributed by atoms with Crippen molar-refractivity contribution in [1.29, 1.82) is 0 Å². The van der Waals surface area contributed by atoms with Crippen LogP contribution in [0.4, 0.5) is 4.39 Å². The van der Waals surface area contributed by atoms with Gasteiger partial charge in [-0.15, -0.1) is 0 Å². The summed E-state index contributed by atoms with van der Waals surface area (Å²) in [6, 6.07) is 4.27. The Morgan fingerprint density at radius 1 is 1.30 bits per heavy atom. The first-order valence-electron chi connectivity index (χ1n) is 5.70. The minimum Gasteiger partial charge on any atom is -0.480 e. The highest BCUT2D eigenvalue weighted by atomic mass is 32.2. The highest BCUT2D eigenvalue weighted by Crippen LogP contribution is 2.15. The van der Waals surface area contributed by atoms with Crippen molar-refractivity contribution in [1.82, 2.24) is 5.32 Å². The Bertz CT molecular complexity index is 597. The molecule has 1 aromatic carbocycles. The zero-order valence-corrected chi connectivity index (χ0v) is 11.5. The molecule has 1 aromatic rings. The van der Waals surface area contributed by atoms with Gasteiger partial charge in [-0.05, 0) is 24.3 Å². The van der Waals surface area contributed by atoms with Gasteiger partial charge in [0, 0.05) is 5.92 Å². The Labute approximate surface area is 115 Å². The summed E-state index contributed by atoms with van der Waals surface area (Å²) >= 11 is 0. The predicted octanol–water partition coefficient (Wildman–Crippen LogP) is 0.436. The topological polar surface area (TPSA) is 101 Å². The molecule has 1 atom stereocenters. The second-order valence-electron chi connectivity index (χ2n) is 4.25. The summed E-state index contributed by atoms with van der Waals surface area (Å²) in [7, 11) is -3.73. The minimum atomic E-state index is -3.73. The lowest BCUT2D eigenvalue weighted by Gasteiger charge is -2.11. The fraction of sp³-hybridized carbons (Fsp3) is 0.333. The van der Waals surface area contributed by atoms with E-state index >= 15 is 0 Å². The minimum absolute atomic E-state index is 0.0863. The van der Waals surface area contributed by atoms with E-state index in [-0.39, 0.29) is 4.90 Å². The number of nitrogens with one attached hydrogen (secondary N) is 1. The number of aliphatic carboxylic acids is 1. The number of hydrogen-bond acceptors (Lipinski definition) is 4. The third-order valence-corrected chi connectivity index (χ3v) is 4.43. The Balaban J connectivity index is 2.73. The molecule has 0 aromatic heterocycles. The van der Waals surface area contributed by atoms with Gasteiger partial charge in [0.2, 0.25) is 5.91 Å². The van der Waals surface area contributed by atoms with Crippen LogP contribution in [0.3, 0.4) is 0 Å². The molecule has 0 saturated heterocycles. The molecule has 110 valence electrons. The number of carbonyl (C=O) groups is 2. The Kier molecular flexibility index (Phi) is 5.20. The Morgan fingerprint density at radius 3 is 2.35 bits per heavy atom. The van der Waals surface area contributed by atoms with Gasteiger partial charge in [-0.2, -0.15) is 0 Å². The van der Waals surface area contributed by atoms with Crippen LogP contribution < -0.4 is 5.32 Å². The molecule has 0 bridgehead atoms. The number of carboxylic acids is 1. The Morgan fingerprint density at radius 2 is 1.85 bits per heavy atom. The molecule has 1 rings (SSSR count). The average Bonchev–Trinajstić information content (AvgIpc) is 2.35. The summed E-state index contributed by atoms with van der Waals surface area (Å²) in [5, 5.41) is 10.5. The summed E-state index contributed by atoms with van der Waals surface area (Å²) in [5.74, 6) is -3.84. The molecule has 0 aliphatic carbocycles. The standard InChI is InChI=1S/C12H14FNO5S/c1-8(12(17)14-6-11(15)16)7-20(18,19)10-4-2-9(13)3-5-10/h2-5,8H,6-7H2,1H3,(H,14,17)(H,15,16). The number of benzene rings is 1. The second kappa shape index (κ2) is 6.47. The molecule has 0 heterocycles. The molecular weight excluding hydrogens is 289 g/mol. The summed E-state index contributed by atoms with van der Waals surface area (Å²) in [6.45, 7) is 0.804. The molecule has 0 saturated carbocycles. The van der Waals surface area contributed by atoms with E-state index in [2.05, 4.69) is 5.32 Å². The SMILES string of the molecule is CC(CS(=O)(=O)c1ccc(F)cc1)C(=O)NCC(=O)O. The third-order valence-electron chi connectivity index (χ3n) is 2.50. The highest BCUT2D eigenvalue weighted by molar-refractivity contribution is 7.91. The fourth-order valence-corrected chi connectivity index (χ4v) is 3.03. The molecular formula is C12H14FNO5S. The van der Waals surface area contributed by atoms with Crippen molar-refractivity contribution in [2.75, 3.05) is 12.3 Å². The molecule has 8 heteroatoms. The molecule has 1 unspecified atom stereocenters. The van der Waals surface area contributed by atoms with Gasteiger partial charge in [-0.1, -0.05) is 6.92 Å². The summed E-state index contributed by atoms with van der Waals surface area (Å²) < 4.78 is 36.7. The first-order chi connectivity index (χ1) is 9.22. The zero-order chi connectivity index (χ0) is 15.3. The van der Waals surface area contributed by atoms with E-state index in [1.54, 1.807) is 0 Å². The molecule has 1 amide bonds. The van der Waals surface area contributed by atoms with E-state index in [4.69, 9.17) is 5.11 Å². The smallest absolute Gasteiger partial charge is 0.322 e. The molecule has 0 aliphatic heterocycles. The van der Waals surface area contributed by atoms with Gasteiger partial charge in [-0.3, -0.25) is 9.59 Å². The van der Waals surface area contributed by atoms with Gasteiger partial charge in [0.05, 0.1) is 10.6 Å². The van der Waals surface area contributed by atoms with Crippen LogP contribution in [-0.4, -0.2) is 37.7 Å². The lowest BCUT2D eigenvalue weighted by molar-refractivity contribution is -0.138. The number of carboxylic acid groups (broad SMARTS) is 1. The maximum Gasteiger partial charge on any atom is 0.322 e. The molecule has 20 heavy (non-hydrogen) atoms. The molecule has 0 aliphatic rings. The van der Waals surface area contributed by atoms with E-state index in [9.17, 15) is 22.4 Å². The van der Waals surface area contributed by atoms with Crippen LogP contribution in [0.1, 0.15) is 6.92 Å². The molecule has 2 N–H and O–H groups in total. The van der Waals surface area contributed by atoms with Crippen LogP contribution in [0.15, 0.2) is 29.2 Å². The number of amides is 1. The van der Waals surface area contributed by atoms with Gasteiger partial charge in [0.25, 0.3) is 0 Å². The van der Waals surface area contributed by atoms with E-state index in [1.165, 1.54) is 6.92 Å². The molecule has 0 radical (unpaired) electrons. The largest absolute Gasteiger partial charge is 0.480 e. The van der Waals surface area contributed by atoms with E-state index < -0.39 is 45.7 Å². The molecule has 6 nitrogen and oxygen atoms in total.